The van der Waals surface area contributed by atoms with Crippen molar-refractivity contribution in [2.75, 3.05) is 9.80 Å². The largest absolute Gasteiger partial charge is 0.454 e. The van der Waals surface area contributed by atoms with Gasteiger partial charge >= 0.3 is 0 Å². The van der Waals surface area contributed by atoms with Gasteiger partial charge in [-0.25, -0.2) is 0 Å². The number of fused-ring (bicyclic) bond motifs is 15. The van der Waals surface area contributed by atoms with Crippen molar-refractivity contribution >= 4 is 110 Å². The quantitative estimate of drug-likeness (QED) is 0.152. The number of hydrogen-bond donors (Lipinski definition) is 0. The lowest BCUT2D eigenvalue weighted by Gasteiger charge is -2.35. The number of para-hydroxylation sites is 4. The van der Waals surface area contributed by atoms with Crippen LogP contribution in [-0.2, 0) is 5.41 Å². The molecule has 0 atom stereocenters. The predicted molar refractivity (Wildman–Crippen MR) is 320 cm³/mol. The lowest BCUT2D eigenvalue weighted by molar-refractivity contribution is 0.669. The van der Waals surface area contributed by atoms with Crippen molar-refractivity contribution < 1.29 is 8.83 Å². The summed E-state index contributed by atoms with van der Waals surface area (Å²) in [7, 11) is 0. The Morgan fingerprint density at radius 2 is 0.727 bits per heavy atom. The minimum Gasteiger partial charge on any atom is -0.454 e. The molecule has 2 heterocycles. The molecule has 0 fully saturated rings. The van der Waals surface area contributed by atoms with Crippen LogP contribution in [0, 0.1) is 0 Å². The first-order chi connectivity index (χ1) is 38.2. The molecule has 0 aliphatic heterocycles. The van der Waals surface area contributed by atoms with Gasteiger partial charge in [0.1, 0.15) is 11.2 Å². The maximum atomic E-state index is 6.97. The SMILES string of the molecule is c1ccc(N(c2ccc3c(c2)C(c2ccccc2)(c2ccccc2)c2c-3ccc3cc(N(c4ccccc4)c4cccc5c4oc4ccc6ccccc6c45)ccc23)c2cccc3c2oc2ccc4ccccc4c23)cc1. The Hall–Kier alpha value is -10.2. The van der Waals surface area contributed by atoms with Gasteiger partial charge in [0.05, 0.1) is 16.8 Å². The molecule has 1 aliphatic carbocycles. The molecule has 77 heavy (non-hydrogen) atoms. The molecule has 0 radical (unpaired) electrons. The van der Waals surface area contributed by atoms with Crippen LogP contribution in [0.4, 0.5) is 34.1 Å². The molecule has 0 spiro atoms. The summed E-state index contributed by atoms with van der Waals surface area (Å²) in [5.74, 6) is 0. The second-order valence-electron chi connectivity index (χ2n) is 20.3. The van der Waals surface area contributed by atoms with Gasteiger partial charge in [-0.15, -0.1) is 0 Å². The average Bonchev–Trinajstić information content (AvgIpc) is 4.19. The third kappa shape index (κ3) is 6.40. The third-order valence-electron chi connectivity index (χ3n) is 16.2. The van der Waals surface area contributed by atoms with Crippen molar-refractivity contribution in [2.24, 2.45) is 0 Å². The number of anilines is 6. The predicted octanol–water partition coefficient (Wildman–Crippen LogP) is 20.2. The molecular formula is C73H46N2O2. The van der Waals surface area contributed by atoms with E-state index in [1.54, 1.807) is 0 Å². The third-order valence-corrected chi connectivity index (χ3v) is 16.2. The lowest BCUT2D eigenvalue weighted by atomic mass is 9.66. The zero-order valence-corrected chi connectivity index (χ0v) is 41.8. The first-order valence-electron chi connectivity index (χ1n) is 26.4. The van der Waals surface area contributed by atoms with E-state index in [9.17, 15) is 0 Å². The molecule has 360 valence electrons. The number of furan rings is 2. The summed E-state index contributed by atoms with van der Waals surface area (Å²) < 4.78 is 13.9. The van der Waals surface area contributed by atoms with Crippen LogP contribution < -0.4 is 9.80 Å². The Kier molecular flexibility index (Phi) is 9.52. The molecular weight excluding hydrogens is 937 g/mol. The first-order valence-corrected chi connectivity index (χ1v) is 26.4. The van der Waals surface area contributed by atoms with E-state index in [1.807, 2.05) is 0 Å². The molecule has 0 bridgehead atoms. The Balaban J connectivity index is 0.925. The zero-order valence-electron chi connectivity index (χ0n) is 41.8. The van der Waals surface area contributed by atoms with Crippen LogP contribution >= 0.6 is 0 Å². The average molecular weight is 983 g/mol. The second-order valence-corrected chi connectivity index (χ2v) is 20.3. The van der Waals surface area contributed by atoms with Gasteiger partial charge in [-0.05, 0) is 138 Å². The number of benzene rings is 13. The Morgan fingerprint density at radius 3 is 1.27 bits per heavy atom. The second kappa shape index (κ2) is 16.9. The van der Waals surface area contributed by atoms with E-state index in [1.165, 1.54) is 60.3 Å². The van der Waals surface area contributed by atoms with E-state index in [-0.39, 0.29) is 0 Å². The molecule has 1 aliphatic rings. The maximum absolute atomic E-state index is 6.97. The van der Waals surface area contributed by atoms with Crippen LogP contribution in [0.2, 0.25) is 0 Å². The smallest absolute Gasteiger partial charge is 0.159 e. The van der Waals surface area contributed by atoms with Gasteiger partial charge < -0.3 is 18.6 Å². The number of nitrogens with zero attached hydrogens (tertiary/aromatic N) is 2. The fraction of sp³-hybridized carbons (Fsp3) is 0.0137. The van der Waals surface area contributed by atoms with Gasteiger partial charge in [0.25, 0.3) is 0 Å². The summed E-state index contributed by atoms with van der Waals surface area (Å²) in [5, 5.41) is 11.5. The minimum absolute atomic E-state index is 0.710. The summed E-state index contributed by atoms with van der Waals surface area (Å²) in [6.45, 7) is 0. The van der Waals surface area contributed by atoms with Crippen molar-refractivity contribution in [3.63, 3.8) is 0 Å². The first kappa shape index (κ1) is 43.3. The van der Waals surface area contributed by atoms with E-state index in [2.05, 4.69) is 289 Å². The summed E-state index contributed by atoms with van der Waals surface area (Å²) >= 11 is 0. The molecule has 2 aromatic heterocycles. The summed E-state index contributed by atoms with van der Waals surface area (Å²) in [6, 6.07) is 101. The highest BCUT2D eigenvalue weighted by molar-refractivity contribution is 6.22. The topological polar surface area (TPSA) is 32.8 Å². The summed E-state index contributed by atoms with van der Waals surface area (Å²) in [4.78, 5) is 4.73. The highest BCUT2D eigenvalue weighted by Crippen LogP contribution is 2.60. The highest BCUT2D eigenvalue weighted by atomic mass is 16.3. The summed E-state index contributed by atoms with van der Waals surface area (Å²) in [6.07, 6.45) is 0. The Morgan fingerprint density at radius 1 is 0.286 bits per heavy atom. The van der Waals surface area contributed by atoms with Crippen molar-refractivity contribution in [1.82, 2.24) is 0 Å². The molecule has 0 amide bonds. The monoisotopic (exact) mass is 982 g/mol. The van der Waals surface area contributed by atoms with Crippen LogP contribution in [0.1, 0.15) is 22.3 Å². The molecule has 0 unspecified atom stereocenters. The molecule has 4 heteroatoms. The van der Waals surface area contributed by atoms with Crippen LogP contribution in [0.5, 0.6) is 0 Å². The van der Waals surface area contributed by atoms with Gasteiger partial charge in [0, 0.05) is 44.3 Å². The Bertz CT molecular complexity index is 4770. The van der Waals surface area contributed by atoms with Crippen molar-refractivity contribution in [2.45, 2.75) is 5.41 Å². The molecule has 13 aromatic carbocycles. The van der Waals surface area contributed by atoms with Crippen LogP contribution in [-0.4, -0.2) is 0 Å². The number of hydrogen-bond acceptors (Lipinski definition) is 4. The fourth-order valence-corrected chi connectivity index (χ4v) is 13.0. The van der Waals surface area contributed by atoms with Gasteiger partial charge in [-0.1, -0.05) is 206 Å². The summed E-state index contributed by atoms with van der Waals surface area (Å²) in [5.41, 5.74) is 16.2. The van der Waals surface area contributed by atoms with Crippen molar-refractivity contribution in [1.29, 1.82) is 0 Å². The Labute approximate surface area is 444 Å². The minimum atomic E-state index is -0.710. The highest BCUT2D eigenvalue weighted by Gasteiger charge is 2.47. The van der Waals surface area contributed by atoms with Crippen LogP contribution in [0.15, 0.2) is 288 Å². The number of rotatable bonds is 8. The molecule has 15 aromatic rings. The van der Waals surface area contributed by atoms with E-state index >= 15 is 0 Å². The molecule has 16 rings (SSSR count). The molecule has 4 nitrogen and oxygen atoms in total. The van der Waals surface area contributed by atoms with Gasteiger partial charge in [0.15, 0.2) is 11.2 Å². The van der Waals surface area contributed by atoms with Gasteiger partial charge in [-0.3, -0.25) is 0 Å². The van der Waals surface area contributed by atoms with Crippen molar-refractivity contribution in [3.05, 3.63) is 301 Å². The van der Waals surface area contributed by atoms with Crippen molar-refractivity contribution in [3.8, 4) is 11.1 Å². The standard InChI is InChI=1S/C73H46N2O2/c1-5-21-50(22-6-1)73(51-23-7-2-8-24-51)63-46-55(75(53-27-11-4-12-28-53)65-34-18-32-62-69-57-30-16-14-20-48(57)37-44-67(69)77-72(62)65)39-42-59(63)60-40-35-49-45-54(38-41-58(49)70(60)73)74(52-25-9-3-10-26-52)64-33-17-31-61-68-56-29-15-13-19-47(56)36-43-66(68)76-71(61)64/h1-46H. The van der Waals surface area contributed by atoms with E-state index in [0.717, 1.165) is 83.4 Å². The van der Waals surface area contributed by atoms with Crippen LogP contribution in [0.25, 0.3) is 87.3 Å². The van der Waals surface area contributed by atoms with Crippen LogP contribution in [0.3, 0.4) is 0 Å². The van der Waals surface area contributed by atoms with Gasteiger partial charge in [-0.2, -0.15) is 0 Å². The molecule has 0 saturated heterocycles. The molecule has 0 saturated carbocycles. The lowest BCUT2D eigenvalue weighted by Crippen LogP contribution is -2.29. The maximum Gasteiger partial charge on any atom is 0.159 e. The normalized spacial score (nSPS) is 12.8. The van der Waals surface area contributed by atoms with E-state index < -0.39 is 5.41 Å². The molecule has 0 N–H and O–H groups in total. The van der Waals surface area contributed by atoms with Gasteiger partial charge in [0.2, 0.25) is 0 Å². The fourth-order valence-electron chi connectivity index (χ4n) is 13.0. The van der Waals surface area contributed by atoms with E-state index in [4.69, 9.17) is 8.83 Å². The van der Waals surface area contributed by atoms with E-state index in [0.29, 0.717) is 0 Å². The zero-order chi connectivity index (χ0) is 50.6.